The van der Waals surface area contributed by atoms with Gasteiger partial charge in [-0.1, -0.05) is 0 Å². The number of amides is 1. The SMILES string of the molecule is CC(C)(C)OC(=O)N1CC2(C1)OC1(CO)CC2(N)C1. The molecule has 3 N–H and O–H groups in total. The first-order chi connectivity index (χ1) is 8.63. The smallest absolute Gasteiger partial charge is 0.410 e. The van der Waals surface area contributed by atoms with Crippen molar-refractivity contribution in [3.8, 4) is 0 Å². The molecule has 19 heavy (non-hydrogen) atoms. The highest BCUT2D eigenvalue weighted by Gasteiger charge is 2.77. The van der Waals surface area contributed by atoms with Crippen LogP contribution < -0.4 is 5.73 Å². The molecule has 1 amide bonds. The molecule has 3 aliphatic heterocycles. The van der Waals surface area contributed by atoms with E-state index in [0.29, 0.717) is 25.9 Å². The predicted octanol–water partition coefficient (Wildman–Crippen LogP) is 0.228. The van der Waals surface area contributed by atoms with Gasteiger partial charge in [0.15, 0.2) is 0 Å². The van der Waals surface area contributed by atoms with E-state index in [1.165, 1.54) is 0 Å². The number of carbonyl (C=O) groups excluding carboxylic acids is 1. The second-order valence-electron chi connectivity index (χ2n) is 7.28. The van der Waals surface area contributed by atoms with E-state index in [2.05, 4.69) is 0 Å². The summed E-state index contributed by atoms with van der Waals surface area (Å²) in [4.78, 5) is 13.5. The molecule has 3 saturated heterocycles. The third-order valence-corrected chi connectivity index (χ3v) is 4.43. The zero-order valence-corrected chi connectivity index (χ0v) is 11.7. The van der Waals surface area contributed by atoms with Gasteiger partial charge in [0.2, 0.25) is 0 Å². The Hall–Kier alpha value is -0.850. The van der Waals surface area contributed by atoms with Gasteiger partial charge in [-0.05, 0) is 33.6 Å². The molecule has 4 rings (SSSR count). The number of carbonyl (C=O) groups is 1. The molecule has 0 aromatic carbocycles. The van der Waals surface area contributed by atoms with Crippen LogP contribution in [0.1, 0.15) is 33.6 Å². The van der Waals surface area contributed by atoms with Crippen LogP contribution in [0.3, 0.4) is 0 Å². The van der Waals surface area contributed by atoms with Crippen LogP contribution in [0.5, 0.6) is 0 Å². The third kappa shape index (κ3) is 1.70. The molecule has 6 nitrogen and oxygen atoms in total. The number of hydrogen-bond acceptors (Lipinski definition) is 5. The highest BCUT2D eigenvalue weighted by Crippen LogP contribution is 2.61. The highest BCUT2D eigenvalue weighted by atomic mass is 16.6. The van der Waals surface area contributed by atoms with Gasteiger partial charge in [0.05, 0.1) is 30.8 Å². The summed E-state index contributed by atoms with van der Waals surface area (Å²) >= 11 is 0. The topological polar surface area (TPSA) is 85.0 Å². The van der Waals surface area contributed by atoms with Gasteiger partial charge in [-0.3, -0.25) is 0 Å². The first kappa shape index (κ1) is 13.1. The molecule has 4 aliphatic rings. The van der Waals surface area contributed by atoms with Crippen LogP contribution >= 0.6 is 0 Å². The lowest BCUT2D eigenvalue weighted by Gasteiger charge is -2.53. The van der Waals surface area contributed by atoms with Crippen LogP contribution in [0.4, 0.5) is 4.79 Å². The fourth-order valence-corrected chi connectivity index (χ4v) is 3.56. The van der Waals surface area contributed by atoms with Crippen molar-refractivity contribution in [2.75, 3.05) is 19.7 Å². The number of aliphatic hydroxyl groups is 1. The van der Waals surface area contributed by atoms with Gasteiger partial charge in [-0.15, -0.1) is 0 Å². The minimum absolute atomic E-state index is 0.000136. The molecule has 0 aromatic rings. The van der Waals surface area contributed by atoms with Gasteiger partial charge in [0.1, 0.15) is 11.2 Å². The molecular formula is C13H22N2O4. The Labute approximate surface area is 112 Å². The van der Waals surface area contributed by atoms with Crippen LogP contribution in [0, 0.1) is 0 Å². The number of nitrogens with zero attached hydrogens (tertiary/aromatic N) is 1. The van der Waals surface area contributed by atoms with E-state index in [1.807, 2.05) is 20.8 Å². The zero-order valence-electron chi connectivity index (χ0n) is 11.7. The molecule has 0 aromatic heterocycles. The maximum Gasteiger partial charge on any atom is 0.410 e. The van der Waals surface area contributed by atoms with Gasteiger partial charge in [-0.25, -0.2) is 4.79 Å². The fourth-order valence-electron chi connectivity index (χ4n) is 3.56. The lowest BCUT2D eigenvalue weighted by molar-refractivity contribution is -0.151. The summed E-state index contributed by atoms with van der Waals surface area (Å²) in [6, 6.07) is 0. The van der Waals surface area contributed by atoms with Crippen molar-refractivity contribution >= 4 is 6.09 Å². The van der Waals surface area contributed by atoms with E-state index in [4.69, 9.17) is 15.2 Å². The number of ether oxygens (including phenoxy) is 2. The minimum Gasteiger partial charge on any atom is -0.444 e. The monoisotopic (exact) mass is 270 g/mol. The van der Waals surface area contributed by atoms with Crippen molar-refractivity contribution in [1.29, 1.82) is 0 Å². The van der Waals surface area contributed by atoms with E-state index < -0.39 is 22.3 Å². The van der Waals surface area contributed by atoms with Crippen molar-refractivity contribution in [3.63, 3.8) is 0 Å². The van der Waals surface area contributed by atoms with Crippen LogP contribution in [-0.4, -0.2) is 58.1 Å². The summed E-state index contributed by atoms with van der Waals surface area (Å²) in [5, 5.41) is 9.37. The molecule has 0 atom stereocenters. The molecule has 1 aliphatic carbocycles. The average molecular weight is 270 g/mol. The Morgan fingerprint density at radius 2 is 2.00 bits per heavy atom. The minimum atomic E-state index is -0.495. The molecule has 108 valence electrons. The summed E-state index contributed by atoms with van der Waals surface area (Å²) < 4.78 is 11.3. The molecular weight excluding hydrogens is 248 g/mol. The summed E-state index contributed by atoms with van der Waals surface area (Å²) in [7, 11) is 0. The Morgan fingerprint density at radius 3 is 2.42 bits per heavy atom. The van der Waals surface area contributed by atoms with E-state index in [-0.39, 0.29) is 12.7 Å². The van der Waals surface area contributed by atoms with Gasteiger partial charge >= 0.3 is 6.09 Å². The number of rotatable bonds is 1. The predicted molar refractivity (Wildman–Crippen MR) is 67.6 cm³/mol. The zero-order chi connectivity index (χ0) is 14.1. The number of likely N-dealkylation sites (tertiary alicyclic amines) is 1. The van der Waals surface area contributed by atoms with Gasteiger partial charge < -0.3 is 25.2 Å². The van der Waals surface area contributed by atoms with E-state index in [0.717, 1.165) is 0 Å². The Kier molecular flexibility index (Phi) is 2.37. The fraction of sp³-hybridized carbons (Fsp3) is 0.923. The second-order valence-corrected chi connectivity index (χ2v) is 7.28. The van der Waals surface area contributed by atoms with Crippen molar-refractivity contribution in [1.82, 2.24) is 4.90 Å². The van der Waals surface area contributed by atoms with Crippen molar-refractivity contribution in [2.24, 2.45) is 5.73 Å². The Bertz CT molecular complexity index is 417. The van der Waals surface area contributed by atoms with Gasteiger partial charge in [0.25, 0.3) is 0 Å². The quantitative estimate of drug-likeness (QED) is 0.712. The summed E-state index contributed by atoms with van der Waals surface area (Å²) in [6.07, 6.45) is 1.03. The molecule has 2 bridgehead atoms. The van der Waals surface area contributed by atoms with Crippen LogP contribution in [0.2, 0.25) is 0 Å². The highest BCUT2D eigenvalue weighted by molar-refractivity contribution is 5.70. The number of aliphatic hydroxyl groups excluding tert-OH is 1. The van der Waals surface area contributed by atoms with Gasteiger partial charge in [-0.2, -0.15) is 0 Å². The first-order valence-electron chi connectivity index (χ1n) is 6.71. The summed E-state index contributed by atoms with van der Waals surface area (Å²) in [5.74, 6) is 0. The largest absolute Gasteiger partial charge is 0.444 e. The third-order valence-electron chi connectivity index (χ3n) is 4.43. The van der Waals surface area contributed by atoms with Crippen LogP contribution in [0.25, 0.3) is 0 Å². The lowest BCUT2D eigenvalue weighted by Crippen LogP contribution is -2.75. The van der Waals surface area contributed by atoms with Crippen molar-refractivity contribution in [3.05, 3.63) is 0 Å². The lowest BCUT2D eigenvalue weighted by atomic mass is 9.61. The van der Waals surface area contributed by atoms with E-state index in [1.54, 1.807) is 4.90 Å². The Morgan fingerprint density at radius 1 is 1.42 bits per heavy atom. The molecule has 0 radical (unpaired) electrons. The average Bonchev–Trinajstić information content (AvgIpc) is 2.56. The van der Waals surface area contributed by atoms with E-state index >= 15 is 0 Å². The Balaban J connectivity index is 1.63. The normalized spacial score (nSPS) is 38.9. The molecule has 1 saturated carbocycles. The molecule has 1 spiro atoms. The van der Waals surface area contributed by atoms with Crippen LogP contribution in [-0.2, 0) is 9.47 Å². The molecule has 4 fully saturated rings. The van der Waals surface area contributed by atoms with Gasteiger partial charge in [0, 0.05) is 0 Å². The molecule has 6 heteroatoms. The van der Waals surface area contributed by atoms with Crippen molar-refractivity contribution < 1.29 is 19.4 Å². The number of nitrogens with two attached hydrogens (primary N) is 1. The summed E-state index contributed by atoms with van der Waals surface area (Å²) in [5.41, 5.74) is 4.49. The first-order valence-corrected chi connectivity index (χ1v) is 6.71. The van der Waals surface area contributed by atoms with Crippen LogP contribution in [0.15, 0.2) is 0 Å². The van der Waals surface area contributed by atoms with Crippen molar-refractivity contribution in [2.45, 2.75) is 56.0 Å². The van der Waals surface area contributed by atoms with E-state index in [9.17, 15) is 9.90 Å². The second kappa shape index (κ2) is 3.42. The maximum absolute atomic E-state index is 11.9. The summed E-state index contributed by atoms with van der Waals surface area (Å²) in [6.45, 7) is 6.44. The molecule has 3 heterocycles. The maximum atomic E-state index is 11.9. The molecule has 0 unspecified atom stereocenters. The standard InChI is InChI=1S/C13H22N2O4/c1-10(2,3)18-9(17)15-6-13(7-15)12(14)4-11(5-12,8-16)19-13/h16H,4-8,14H2,1-3H3. The number of hydrogen-bond donors (Lipinski definition) is 2.